The monoisotopic (exact) mass is 426 g/mol. The maximum Gasteiger partial charge on any atom is 0.255 e. The molecule has 6 nitrogen and oxygen atoms in total. The number of morpholine rings is 1. The van der Waals surface area contributed by atoms with Crippen LogP contribution in [-0.4, -0.2) is 43.9 Å². The maximum absolute atomic E-state index is 13.8. The van der Waals surface area contributed by atoms with Gasteiger partial charge in [-0.25, -0.2) is 12.8 Å². The average molecular weight is 427 g/mol. The van der Waals surface area contributed by atoms with E-state index in [0.717, 1.165) is 6.07 Å². The number of rotatable bonds is 4. The summed E-state index contributed by atoms with van der Waals surface area (Å²) in [6.45, 7) is 4.17. The Kier molecular flexibility index (Phi) is 6.04. The zero-order valence-electron chi connectivity index (χ0n) is 15.4. The fourth-order valence-corrected chi connectivity index (χ4v) is 4.80. The lowest BCUT2D eigenvalue weighted by molar-refractivity contribution is -0.0440. The molecule has 2 aromatic carbocycles. The van der Waals surface area contributed by atoms with E-state index in [0.29, 0.717) is 0 Å². The van der Waals surface area contributed by atoms with Crippen molar-refractivity contribution in [1.82, 2.24) is 4.31 Å². The van der Waals surface area contributed by atoms with Gasteiger partial charge in [-0.1, -0.05) is 11.6 Å². The number of nitrogens with one attached hydrogen (secondary N) is 1. The Labute approximate surface area is 168 Å². The number of halogens is 2. The summed E-state index contributed by atoms with van der Waals surface area (Å²) < 4.78 is 46.4. The smallest absolute Gasteiger partial charge is 0.255 e. The second kappa shape index (κ2) is 8.16. The molecular weight excluding hydrogens is 407 g/mol. The third-order valence-electron chi connectivity index (χ3n) is 4.32. The molecule has 0 aromatic heterocycles. The molecule has 0 spiro atoms. The fourth-order valence-electron chi connectivity index (χ4n) is 3.04. The quantitative estimate of drug-likeness (QED) is 0.811. The second-order valence-electron chi connectivity index (χ2n) is 6.68. The van der Waals surface area contributed by atoms with Crippen LogP contribution in [-0.2, 0) is 14.8 Å². The lowest BCUT2D eigenvalue weighted by Gasteiger charge is -2.34. The van der Waals surface area contributed by atoms with E-state index >= 15 is 0 Å². The SMILES string of the molecule is CC1CN(S(=O)(=O)c2ccc(C(=O)Nc3cc(Cl)ccc3F)cc2)CC(C)O1. The standard InChI is InChI=1S/C19H20ClFN2O4S/c1-12-10-23(11-13(2)27-12)28(25,26)16-6-3-14(4-7-16)19(24)22-18-9-15(20)5-8-17(18)21/h3-9,12-13H,10-11H2,1-2H3,(H,22,24). The van der Waals surface area contributed by atoms with Crippen LogP contribution in [0.25, 0.3) is 0 Å². The van der Waals surface area contributed by atoms with E-state index in [1.165, 1.54) is 40.7 Å². The van der Waals surface area contributed by atoms with Gasteiger partial charge in [-0.2, -0.15) is 4.31 Å². The first kappa shape index (κ1) is 20.7. The number of anilines is 1. The number of benzene rings is 2. The molecule has 2 atom stereocenters. The van der Waals surface area contributed by atoms with Gasteiger partial charge in [0.1, 0.15) is 5.82 Å². The number of hydrogen-bond donors (Lipinski definition) is 1. The van der Waals surface area contributed by atoms with Crippen molar-refractivity contribution in [1.29, 1.82) is 0 Å². The van der Waals surface area contributed by atoms with Gasteiger partial charge >= 0.3 is 0 Å². The molecule has 28 heavy (non-hydrogen) atoms. The van der Waals surface area contributed by atoms with Crippen LogP contribution < -0.4 is 5.32 Å². The van der Waals surface area contributed by atoms with Crippen molar-refractivity contribution in [3.8, 4) is 0 Å². The van der Waals surface area contributed by atoms with Crippen LogP contribution in [0.1, 0.15) is 24.2 Å². The molecule has 2 unspecified atom stereocenters. The average Bonchev–Trinajstić information content (AvgIpc) is 2.64. The molecule has 1 saturated heterocycles. The van der Waals surface area contributed by atoms with Crippen molar-refractivity contribution in [3.05, 3.63) is 58.9 Å². The zero-order valence-corrected chi connectivity index (χ0v) is 16.9. The summed E-state index contributed by atoms with van der Waals surface area (Å²) >= 11 is 5.81. The highest BCUT2D eigenvalue weighted by Crippen LogP contribution is 2.23. The van der Waals surface area contributed by atoms with Crippen LogP contribution in [0.2, 0.25) is 5.02 Å². The molecule has 1 N–H and O–H groups in total. The summed E-state index contributed by atoms with van der Waals surface area (Å²) in [7, 11) is -3.70. The van der Waals surface area contributed by atoms with Crippen molar-refractivity contribution < 1.29 is 22.3 Å². The van der Waals surface area contributed by atoms with Crippen LogP contribution in [0.15, 0.2) is 47.4 Å². The summed E-state index contributed by atoms with van der Waals surface area (Å²) in [5.41, 5.74) is 0.146. The number of sulfonamides is 1. The number of hydrogen-bond acceptors (Lipinski definition) is 4. The van der Waals surface area contributed by atoms with Gasteiger partial charge in [-0.3, -0.25) is 4.79 Å². The Hall–Kier alpha value is -2.00. The fraction of sp³-hybridized carbons (Fsp3) is 0.316. The molecule has 150 valence electrons. The molecule has 1 amide bonds. The van der Waals surface area contributed by atoms with Crippen LogP contribution in [0.4, 0.5) is 10.1 Å². The summed E-state index contributed by atoms with van der Waals surface area (Å²) in [6.07, 6.45) is -0.396. The van der Waals surface area contributed by atoms with Gasteiger partial charge in [0.25, 0.3) is 5.91 Å². The highest BCUT2D eigenvalue weighted by Gasteiger charge is 2.32. The Morgan fingerprint density at radius 3 is 2.36 bits per heavy atom. The minimum Gasteiger partial charge on any atom is -0.373 e. The number of carbonyl (C=O) groups is 1. The first-order chi connectivity index (χ1) is 13.2. The molecule has 3 rings (SSSR count). The molecule has 2 aromatic rings. The first-order valence-corrected chi connectivity index (χ1v) is 10.5. The number of amides is 1. The highest BCUT2D eigenvalue weighted by atomic mass is 35.5. The van der Waals surface area contributed by atoms with Crippen LogP contribution in [0.5, 0.6) is 0 Å². The minimum atomic E-state index is -3.70. The van der Waals surface area contributed by atoms with Gasteiger partial charge < -0.3 is 10.1 Å². The highest BCUT2D eigenvalue weighted by molar-refractivity contribution is 7.89. The molecular formula is C19H20ClFN2O4S. The number of carbonyl (C=O) groups excluding carboxylic acids is 1. The van der Waals surface area contributed by atoms with E-state index < -0.39 is 21.7 Å². The Morgan fingerprint density at radius 2 is 1.75 bits per heavy atom. The molecule has 0 aliphatic carbocycles. The largest absolute Gasteiger partial charge is 0.373 e. The summed E-state index contributed by atoms with van der Waals surface area (Å²) in [6, 6.07) is 9.33. The number of ether oxygens (including phenoxy) is 1. The molecule has 0 radical (unpaired) electrons. The Bertz CT molecular complexity index is 972. The normalized spacial score (nSPS) is 20.7. The maximum atomic E-state index is 13.8. The molecule has 9 heteroatoms. The molecule has 1 aliphatic heterocycles. The van der Waals surface area contributed by atoms with E-state index in [1.54, 1.807) is 0 Å². The van der Waals surface area contributed by atoms with Crippen molar-refractivity contribution >= 4 is 33.2 Å². The Balaban J connectivity index is 1.77. The second-order valence-corrected chi connectivity index (χ2v) is 9.06. The first-order valence-electron chi connectivity index (χ1n) is 8.69. The van der Waals surface area contributed by atoms with E-state index in [1.807, 2.05) is 13.8 Å². The third kappa shape index (κ3) is 4.52. The van der Waals surface area contributed by atoms with Crippen molar-refractivity contribution in [2.24, 2.45) is 0 Å². The van der Waals surface area contributed by atoms with Crippen molar-refractivity contribution in [2.75, 3.05) is 18.4 Å². The van der Waals surface area contributed by atoms with Gasteiger partial charge in [0.15, 0.2) is 0 Å². The summed E-state index contributed by atoms with van der Waals surface area (Å²) in [4.78, 5) is 12.4. The molecule has 1 aliphatic rings. The van der Waals surface area contributed by atoms with E-state index in [9.17, 15) is 17.6 Å². The van der Waals surface area contributed by atoms with Gasteiger partial charge in [-0.15, -0.1) is 0 Å². The Morgan fingerprint density at radius 1 is 1.14 bits per heavy atom. The lowest BCUT2D eigenvalue weighted by Crippen LogP contribution is -2.48. The molecule has 1 fully saturated rings. The van der Waals surface area contributed by atoms with Gasteiger partial charge in [0.05, 0.1) is 22.8 Å². The summed E-state index contributed by atoms with van der Waals surface area (Å²) in [5.74, 6) is -1.19. The van der Waals surface area contributed by atoms with Crippen LogP contribution >= 0.6 is 11.6 Å². The predicted molar refractivity (Wildman–Crippen MR) is 105 cm³/mol. The van der Waals surface area contributed by atoms with Crippen LogP contribution in [0, 0.1) is 5.82 Å². The third-order valence-corrected chi connectivity index (χ3v) is 6.40. The zero-order chi connectivity index (χ0) is 20.5. The number of nitrogens with zero attached hydrogens (tertiary/aromatic N) is 1. The lowest BCUT2D eigenvalue weighted by atomic mass is 10.2. The van der Waals surface area contributed by atoms with Gasteiger partial charge in [-0.05, 0) is 56.3 Å². The van der Waals surface area contributed by atoms with Crippen molar-refractivity contribution in [3.63, 3.8) is 0 Å². The topological polar surface area (TPSA) is 75.7 Å². The van der Waals surface area contributed by atoms with E-state index in [-0.39, 0.29) is 46.5 Å². The van der Waals surface area contributed by atoms with E-state index in [2.05, 4.69) is 5.32 Å². The van der Waals surface area contributed by atoms with Gasteiger partial charge in [0, 0.05) is 23.7 Å². The van der Waals surface area contributed by atoms with Gasteiger partial charge in [0.2, 0.25) is 10.0 Å². The predicted octanol–water partition coefficient (Wildman–Crippen LogP) is 3.53. The molecule has 1 heterocycles. The summed E-state index contributed by atoms with van der Waals surface area (Å²) in [5, 5.41) is 2.71. The molecule has 0 bridgehead atoms. The van der Waals surface area contributed by atoms with Crippen molar-refractivity contribution in [2.45, 2.75) is 31.0 Å². The van der Waals surface area contributed by atoms with E-state index in [4.69, 9.17) is 16.3 Å². The minimum absolute atomic E-state index is 0.0505. The molecule has 0 saturated carbocycles. The van der Waals surface area contributed by atoms with Crippen LogP contribution in [0.3, 0.4) is 0 Å².